The fourth-order valence-electron chi connectivity index (χ4n) is 1.96. The largest absolute Gasteiger partial charge is 0.457 e. The first kappa shape index (κ1) is 27.7. The SMILES string of the molecule is O=S(=O)(O)C(C(F)(F)F)(C(F)(F)F)C(F)(F)C(F)(C(F)(F)F)C(F)(F)C(F)(F)F. The Labute approximate surface area is 146 Å². The monoisotopic (exact) mass is 500 g/mol. The third-order valence-electron chi connectivity index (χ3n) is 3.24. The van der Waals surface area contributed by atoms with Crippen LogP contribution in [0.5, 0.6) is 0 Å². The average molecular weight is 500 g/mol. The van der Waals surface area contributed by atoms with Crippen molar-refractivity contribution in [3.63, 3.8) is 0 Å². The Morgan fingerprint density at radius 3 is 0.862 bits per heavy atom. The zero-order valence-corrected chi connectivity index (χ0v) is 12.9. The van der Waals surface area contributed by atoms with E-state index in [0.29, 0.717) is 0 Å². The van der Waals surface area contributed by atoms with Gasteiger partial charge in [-0.25, -0.2) is 4.39 Å². The van der Waals surface area contributed by atoms with E-state index in [-0.39, 0.29) is 0 Å². The molecule has 21 heteroatoms. The lowest BCUT2D eigenvalue weighted by Crippen LogP contribution is -2.83. The van der Waals surface area contributed by atoms with Gasteiger partial charge in [0.15, 0.2) is 0 Å². The standard InChI is InChI=1S/C8HF17O3S/c9-1(5(14,15)16,4(12,13)8(23,24)25)3(10,11)2(6(17,18)19,7(20,21)22)29(26,27)28/h(H,26,27,28). The van der Waals surface area contributed by atoms with Crippen LogP contribution in [0.3, 0.4) is 0 Å². The lowest BCUT2D eigenvalue weighted by molar-refractivity contribution is -0.448. The molecule has 29 heavy (non-hydrogen) atoms. The fraction of sp³-hybridized carbons (Fsp3) is 1.00. The molecular formula is C8HF17O3S. The summed E-state index contributed by atoms with van der Waals surface area (Å²) in [5, 5.41) is 0. The zero-order valence-electron chi connectivity index (χ0n) is 12.1. The second-order valence-electron chi connectivity index (χ2n) is 4.95. The number of halogens is 17. The van der Waals surface area contributed by atoms with Gasteiger partial charge in [-0.1, -0.05) is 0 Å². The highest BCUT2D eigenvalue weighted by atomic mass is 32.2. The highest BCUT2D eigenvalue weighted by Gasteiger charge is 3.02. The van der Waals surface area contributed by atoms with Gasteiger partial charge in [0.1, 0.15) is 0 Å². The Balaban J connectivity index is 8.03. The van der Waals surface area contributed by atoms with E-state index in [1.165, 1.54) is 0 Å². The minimum absolute atomic E-state index is 8.02. The van der Waals surface area contributed by atoms with E-state index in [9.17, 15) is 83.1 Å². The molecule has 0 fully saturated rings. The van der Waals surface area contributed by atoms with Gasteiger partial charge in [0.05, 0.1) is 0 Å². The fourth-order valence-corrected chi connectivity index (χ4v) is 3.01. The normalized spacial score (nSPS) is 18.6. The second kappa shape index (κ2) is 6.36. The van der Waals surface area contributed by atoms with Crippen LogP contribution in [0.4, 0.5) is 74.6 Å². The molecule has 0 aromatic heterocycles. The molecule has 1 unspecified atom stereocenters. The maximum atomic E-state index is 13.7. The van der Waals surface area contributed by atoms with Crippen molar-refractivity contribution in [3.05, 3.63) is 0 Å². The molecule has 0 spiro atoms. The molecule has 0 amide bonds. The summed E-state index contributed by atoms with van der Waals surface area (Å²) in [7, 11) is -8.89. The Kier molecular flexibility index (Phi) is 6.08. The van der Waals surface area contributed by atoms with Crippen molar-refractivity contribution in [2.24, 2.45) is 0 Å². The Morgan fingerprint density at radius 1 is 0.448 bits per heavy atom. The van der Waals surface area contributed by atoms with E-state index in [4.69, 9.17) is 4.55 Å². The first-order valence-corrected chi connectivity index (χ1v) is 7.12. The van der Waals surface area contributed by atoms with Crippen molar-refractivity contribution in [1.29, 1.82) is 0 Å². The van der Waals surface area contributed by atoms with Crippen LogP contribution in [-0.4, -0.2) is 59.9 Å². The maximum absolute atomic E-state index is 13.7. The van der Waals surface area contributed by atoms with E-state index < -0.39 is 57.1 Å². The van der Waals surface area contributed by atoms with Gasteiger partial charge in [0, 0.05) is 0 Å². The van der Waals surface area contributed by atoms with Crippen molar-refractivity contribution in [3.8, 4) is 0 Å². The molecule has 0 bridgehead atoms. The summed E-state index contributed by atoms with van der Waals surface area (Å²) in [5.41, 5.74) is -9.20. The lowest BCUT2D eigenvalue weighted by atomic mass is 9.79. The molecule has 0 aliphatic rings. The zero-order chi connectivity index (χ0) is 24.5. The van der Waals surface area contributed by atoms with E-state index in [1.54, 1.807) is 0 Å². The summed E-state index contributed by atoms with van der Waals surface area (Å²) in [6.45, 7) is 0. The van der Waals surface area contributed by atoms with Crippen LogP contribution in [0.2, 0.25) is 0 Å². The van der Waals surface area contributed by atoms with E-state index in [2.05, 4.69) is 0 Å². The summed E-state index contributed by atoms with van der Waals surface area (Å²) in [4.78, 5) is 0. The first-order valence-electron chi connectivity index (χ1n) is 5.68. The quantitative estimate of drug-likeness (QED) is 0.444. The maximum Gasteiger partial charge on any atom is 0.457 e. The molecule has 0 saturated heterocycles. The molecule has 0 saturated carbocycles. The van der Waals surface area contributed by atoms with Crippen molar-refractivity contribution >= 4 is 10.1 Å². The van der Waals surface area contributed by atoms with Gasteiger partial charge < -0.3 is 0 Å². The van der Waals surface area contributed by atoms with Crippen LogP contribution in [0.25, 0.3) is 0 Å². The van der Waals surface area contributed by atoms with Crippen LogP contribution in [0.15, 0.2) is 0 Å². The van der Waals surface area contributed by atoms with Gasteiger partial charge in [-0.05, 0) is 0 Å². The van der Waals surface area contributed by atoms with E-state index in [0.717, 1.165) is 0 Å². The van der Waals surface area contributed by atoms with E-state index >= 15 is 0 Å². The molecule has 0 rings (SSSR count). The van der Waals surface area contributed by atoms with Crippen molar-refractivity contribution in [2.75, 3.05) is 0 Å². The van der Waals surface area contributed by atoms with Crippen LogP contribution in [-0.2, 0) is 10.1 Å². The number of alkyl halides is 17. The Hall–Kier alpha value is -1.28. The van der Waals surface area contributed by atoms with Gasteiger partial charge in [-0.3, -0.25) is 4.55 Å². The van der Waals surface area contributed by atoms with Crippen molar-refractivity contribution < 1.29 is 87.6 Å². The smallest absolute Gasteiger partial charge is 0.284 e. The summed E-state index contributed by atoms with van der Waals surface area (Å²) in [5.74, 6) is -18.1. The number of rotatable bonds is 4. The molecule has 0 aromatic rings. The summed E-state index contributed by atoms with van der Waals surface area (Å²) in [6.07, 6.45) is -33.9. The predicted molar refractivity (Wildman–Crippen MR) is 52.2 cm³/mol. The van der Waals surface area contributed by atoms with Gasteiger partial charge in [0.2, 0.25) is 0 Å². The topological polar surface area (TPSA) is 54.4 Å². The second-order valence-corrected chi connectivity index (χ2v) is 6.52. The lowest BCUT2D eigenvalue weighted by Gasteiger charge is -2.47. The average Bonchev–Trinajstić information content (AvgIpc) is 2.28. The minimum atomic E-state index is -9.30. The molecule has 0 aliphatic carbocycles. The third kappa shape index (κ3) is 3.26. The van der Waals surface area contributed by atoms with Gasteiger partial charge in [0.25, 0.3) is 10.1 Å². The molecule has 1 N–H and O–H groups in total. The Morgan fingerprint density at radius 2 is 0.724 bits per heavy atom. The molecular weight excluding hydrogens is 499 g/mol. The molecule has 1 atom stereocenters. The molecule has 0 aliphatic heterocycles. The van der Waals surface area contributed by atoms with Crippen molar-refractivity contribution in [1.82, 2.24) is 0 Å². The van der Waals surface area contributed by atoms with Crippen LogP contribution in [0.1, 0.15) is 0 Å². The predicted octanol–water partition coefficient (Wildman–Crippen LogP) is 4.84. The van der Waals surface area contributed by atoms with E-state index in [1.807, 2.05) is 0 Å². The Bertz CT molecular complexity index is 708. The minimum Gasteiger partial charge on any atom is -0.284 e. The van der Waals surface area contributed by atoms with Crippen LogP contribution < -0.4 is 0 Å². The summed E-state index contributed by atoms with van der Waals surface area (Å²) in [6, 6.07) is 0. The highest BCUT2D eigenvalue weighted by Crippen LogP contribution is 2.67. The van der Waals surface area contributed by atoms with Crippen LogP contribution in [0, 0.1) is 0 Å². The molecule has 0 heterocycles. The van der Waals surface area contributed by atoms with Crippen molar-refractivity contribution in [2.45, 2.75) is 47.0 Å². The number of hydrogen-bond acceptors (Lipinski definition) is 2. The summed E-state index contributed by atoms with van der Waals surface area (Å²) >= 11 is 0. The highest BCUT2D eigenvalue weighted by molar-refractivity contribution is 7.87. The van der Waals surface area contributed by atoms with Gasteiger partial charge >= 0.3 is 47.0 Å². The first-order chi connectivity index (χ1) is 12.0. The van der Waals surface area contributed by atoms with Crippen LogP contribution >= 0.6 is 0 Å². The molecule has 176 valence electrons. The number of hydrogen-bond donors (Lipinski definition) is 1. The third-order valence-corrected chi connectivity index (χ3v) is 4.73. The molecule has 3 nitrogen and oxygen atoms in total. The molecule has 0 radical (unpaired) electrons. The van der Waals surface area contributed by atoms with Gasteiger partial charge in [-0.2, -0.15) is 78.7 Å². The molecule has 0 aromatic carbocycles. The van der Waals surface area contributed by atoms with Gasteiger partial charge in [-0.15, -0.1) is 0 Å². The summed E-state index contributed by atoms with van der Waals surface area (Å²) < 4.78 is 237.